The summed E-state index contributed by atoms with van der Waals surface area (Å²) in [5, 5.41) is 0. The van der Waals surface area contributed by atoms with Crippen LogP contribution in [0.1, 0.15) is 12.8 Å². The van der Waals surface area contributed by atoms with E-state index in [1.807, 2.05) is 12.3 Å². The minimum absolute atomic E-state index is 0.598. The van der Waals surface area contributed by atoms with Crippen molar-refractivity contribution in [1.29, 1.82) is 0 Å². The molecule has 0 atom stereocenters. The van der Waals surface area contributed by atoms with Gasteiger partial charge in [-0.3, -0.25) is 4.90 Å². The minimum Gasteiger partial charge on any atom is -0.384 e. The van der Waals surface area contributed by atoms with Gasteiger partial charge in [0, 0.05) is 45.3 Å². The molecule has 2 aliphatic heterocycles. The zero-order valence-corrected chi connectivity index (χ0v) is 12.3. The monoisotopic (exact) mass is 275 g/mol. The van der Waals surface area contributed by atoms with Crippen LogP contribution in [0, 0.1) is 0 Å². The molecule has 2 N–H and O–H groups in total. The van der Waals surface area contributed by atoms with Crippen LogP contribution in [0.25, 0.3) is 0 Å². The lowest BCUT2D eigenvalue weighted by Crippen LogP contribution is -2.52. The molecule has 5 heteroatoms. The number of pyridine rings is 1. The second-order valence-electron chi connectivity index (χ2n) is 6.00. The average molecular weight is 275 g/mol. The summed E-state index contributed by atoms with van der Waals surface area (Å²) in [7, 11) is 2.22. The Morgan fingerprint density at radius 3 is 2.35 bits per heavy atom. The number of hydrogen-bond acceptors (Lipinski definition) is 5. The molecular formula is C15H25N5. The zero-order chi connectivity index (χ0) is 13.9. The molecule has 2 fully saturated rings. The van der Waals surface area contributed by atoms with Crippen LogP contribution in [0.3, 0.4) is 0 Å². The smallest absolute Gasteiger partial charge is 0.123 e. The molecule has 0 amide bonds. The van der Waals surface area contributed by atoms with Gasteiger partial charge in [0.05, 0.1) is 11.9 Å². The first-order chi connectivity index (χ1) is 9.72. The molecule has 3 heterocycles. The summed E-state index contributed by atoms with van der Waals surface area (Å²) in [4.78, 5) is 11.7. The molecule has 5 nitrogen and oxygen atoms in total. The van der Waals surface area contributed by atoms with Gasteiger partial charge >= 0.3 is 0 Å². The number of nitrogens with zero attached hydrogens (tertiary/aromatic N) is 4. The molecule has 0 radical (unpaired) electrons. The van der Waals surface area contributed by atoms with Crippen LogP contribution < -0.4 is 10.6 Å². The Balaban J connectivity index is 1.53. The van der Waals surface area contributed by atoms with Gasteiger partial charge in [-0.15, -0.1) is 0 Å². The van der Waals surface area contributed by atoms with E-state index in [2.05, 4.69) is 32.8 Å². The Morgan fingerprint density at radius 1 is 1.05 bits per heavy atom. The normalized spacial score (nSPS) is 23.1. The Bertz CT molecular complexity index is 416. The minimum atomic E-state index is 0.598. The number of aromatic nitrogens is 1. The molecule has 1 aromatic heterocycles. The molecule has 0 aromatic carbocycles. The first kappa shape index (κ1) is 13.6. The SMILES string of the molecule is CN1CCN(C2CCN(c3ccc(N)nc3)CC2)CC1. The van der Waals surface area contributed by atoms with Crippen molar-refractivity contribution < 1.29 is 0 Å². The lowest BCUT2D eigenvalue weighted by atomic mass is 10.0. The topological polar surface area (TPSA) is 48.6 Å². The lowest BCUT2D eigenvalue weighted by molar-refractivity contribution is 0.0982. The average Bonchev–Trinajstić information content (AvgIpc) is 2.49. The number of rotatable bonds is 2. The molecule has 0 spiro atoms. The van der Waals surface area contributed by atoms with E-state index in [9.17, 15) is 0 Å². The molecule has 1 aromatic rings. The summed E-state index contributed by atoms with van der Waals surface area (Å²) < 4.78 is 0. The van der Waals surface area contributed by atoms with Crippen LogP contribution in [0.4, 0.5) is 11.5 Å². The quantitative estimate of drug-likeness (QED) is 0.868. The lowest BCUT2D eigenvalue weighted by Gasteiger charge is -2.42. The molecule has 0 aliphatic carbocycles. The van der Waals surface area contributed by atoms with E-state index in [0.717, 1.165) is 19.1 Å². The maximum Gasteiger partial charge on any atom is 0.123 e. The van der Waals surface area contributed by atoms with Gasteiger partial charge in [0.25, 0.3) is 0 Å². The molecule has 2 aliphatic rings. The molecule has 0 unspecified atom stereocenters. The van der Waals surface area contributed by atoms with Gasteiger partial charge in [0.1, 0.15) is 5.82 Å². The third-order valence-corrected chi connectivity index (χ3v) is 4.65. The summed E-state index contributed by atoms with van der Waals surface area (Å²) >= 11 is 0. The highest BCUT2D eigenvalue weighted by atomic mass is 15.3. The van der Waals surface area contributed by atoms with Crippen LogP contribution >= 0.6 is 0 Å². The summed E-state index contributed by atoms with van der Waals surface area (Å²) in [5.41, 5.74) is 6.85. The van der Waals surface area contributed by atoms with E-state index in [1.165, 1.54) is 44.7 Å². The summed E-state index contributed by atoms with van der Waals surface area (Å²) in [6.07, 6.45) is 4.41. The Hall–Kier alpha value is -1.33. The second kappa shape index (κ2) is 5.97. The van der Waals surface area contributed by atoms with Gasteiger partial charge in [-0.2, -0.15) is 0 Å². The van der Waals surface area contributed by atoms with E-state index >= 15 is 0 Å². The van der Waals surface area contributed by atoms with Crippen molar-refractivity contribution in [3.8, 4) is 0 Å². The van der Waals surface area contributed by atoms with Gasteiger partial charge in [0.15, 0.2) is 0 Å². The van der Waals surface area contributed by atoms with E-state index in [-0.39, 0.29) is 0 Å². The van der Waals surface area contributed by atoms with Gasteiger partial charge in [-0.05, 0) is 32.0 Å². The van der Waals surface area contributed by atoms with E-state index in [1.54, 1.807) is 0 Å². The number of hydrogen-bond donors (Lipinski definition) is 1. The van der Waals surface area contributed by atoms with Gasteiger partial charge in [0.2, 0.25) is 0 Å². The first-order valence-electron chi connectivity index (χ1n) is 7.61. The van der Waals surface area contributed by atoms with Gasteiger partial charge in [-0.1, -0.05) is 0 Å². The zero-order valence-electron chi connectivity index (χ0n) is 12.3. The number of piperazine rings is 1. The number of nitrogens with two attached hydrogens (primary N) is 1. The predicted octanol–water partition coefficient (Wildman–Crippen LogP) is 0.880. The van der Waals surface area contributed by atoms with Crippen molar-refractivity contribution in [2.24, 2.45) is 0 Å². The standard InChI is InChI=1S/C15H25N5/c1-18-8-10-20(11-9-18)13-4-6-19(7-5-13)14-2-3-15(16)17-12-14/h2-3,12-13H,4-11H2,1H3,(H2,16,17). The van der Waals surface area contributed by atoms with E-state index < -0.39 is 0 Å². The predicted molar refractivity (Wildman–Crippen MR) is 83.0 cm³/mol. The highest BCUT2D eigenvalue weighted by Crippen LogP contribution is 2.23. The first-order valence-corrected chi connectivity index (χ1v) is 7.61. The summed E-state index contributed by atoms with van der Waals surface area (Å²) in [6.45, 7) is 7.13. The highest BCUT2D eigenvalue weighted by molar-refractivity contribution is 5.48. The van der Waals surface area contributed by atoms with Crippen LogP contribution in [0.15, 0.2) is 18.3 Å². The fourth-order valence-corrected chi connectivity index (χ4v) is 3.26. The number of piperidine rings is 1. The molecular weight excluding hydrogens is 250 g/mol. The molecule has 0 bridgehead atoms. The van der Waals surface area contributed by atoms with Crippen molar-refractivity contribution >= 4 is 11.5 Å². The molecule has 0 saturated carbocycles. The maximum atomic E-state index is 5.65. The largest absolute Gasteiger partial charge is 0.384 e. The third kappa shape index (κ3) is 3.04. The summed E-state index contributed by atoms with van der Waals surface area (Å²) in [5.74, 6) is 0.598. The fraction of sp³-hybridized carbons (Fsp3) is 0.667. The summed E-state index contributed by atoms with van der Waals surface area (Å²) in [6, 6.07) is 4.74. The molecule has 110 valence electrons. The molecule has 3 rings (SSSR count). The highest BCUT2D eigenvalue weighted by Gasteiger charge is 2.26. The van der Waals surface area contributed by atoms with Gasteiger partial charge in [-0.25, -0.2) is 4.98 Å². The van der Waals surface area contributed by atoms with Crippen LogP contribution in [0.2, 0.25) is 0 Å². The Kier molecular flexibility index (Phi) is 4.08. The number of anilines is 2. The third-order valence-electron chi connectivity index (χ3n) is 4.65. The van der Waals surface area contributed by atoms with Crippen LogP contribution in [0.5, 0.6) is 0 Å². The number of nitrogen functional groups attached to an aromatic ring is 1. The van der Waals surface area contributed by atoms with Crippen LogP contribution in [-0.4, -0.2) is 67.1 Å². The molecule has 20 heavy (non-hydrogen) atoms. The van der Waals surface area contributed by atoms with Crippen molar-refractivity contribution in [2.45, 2.75) is 18.9 Å². The fourth-order valence-electron chi connectivity index (χ4n) is 3.26. The van der Waals surface area contributed by atoms with E-state index in [0.29, 0.717) is 5.82 Å². The van der Waals surface area contributed by atoms with Crippen molar-refractivity contribution in [1.82, 2.24) is 14.8 Å². The van der Waals surface area contributed by atoms with Gasteiger partial charge < -0.3 is 15.5 Å². The van der Waals surface area contributed by atoms with Crippen molar-refractivity contribution in [2.75, 3.05) is 56.9 Å². The van der Waals surface area contributed by atoms with Crippen molar-refractivity contribution in [3.63, 3.8) is 0 Å². The number of likely N-dealkylation sites (N-methyl/N-ethyl adjacent to an activating group) is 1. The molecule has 2 saturated heterocycles. The second-order valence-corrected chi connectivity index (χ2v) is 6.00. The Labute approximate surface area is 121 Å². The maximum absolute atomic E-state index is 5.65. The van der Waals surface area contributed by atoms with Crippen LogP contribution in [-0.2, 0) is 0 Å². The Morgan fingerprint density at radius 2 is 1.75 bits per heavy atom. The van der Waals surface area contributed by atoms with E-state index in [4.69, 9.17) is 5.73 Å². The van der Waals surface area contributed by atoms with Crippen molar-refractivity contribution in [3.05, 3.63) is 18.3 Å².